The highest BCUT2D eigenvalue weighted by Gasteiger charge is 2.34. The highest BCUT2D eigenvalue weighted by molar-refractivity contribution is 5.80. The molecular formula is C16H27N3O2. The normalized spacial score (nSPS) is 27.6. The maximum Gasteiger partial charge on any atom is 0.317 e. The van der Waals surface area contributed by atoms with E-state index in [9.17, 15) is 9.59 Å². The molecule has 2 saturated heterocycles. The Labute approximate surface area is 127 Å². The number of nitrogens with zero attached hydrogens (tertiary/aromatic N) is 2. The Morgan fingerprint density at radius 3 is 2.29 bits per heavy atom. The van der Waals surface area contributed by atoms with Gasteiger partial charge in [-0.3, -0.25) is 4.79 Å². The fourth-order valence-corrected chi connectivity index (χ4v) is 3.48. The molecule has 3 amide bonds. The molecule has 0 spiro atoms. The number of urea groups is 1. The van der Waals surface area contributed by atoms with E-state index in [1.807, 2.05) is 4.90 Å². The van der Waals surface area contributed by atoms with E-state index in [1.54, 1.807) is 0 Å². The maximum atomic E-state index is 12.6. The van der Waals surface area contributed by atoms with Crippen molar-refractivity contribution in [1.82, 2.24) is 15.1 Å². The van der Waals surface area contributed by atoms with E-state index in [4.69, 9.17) is 0 Å². The van der Waals surface area contributed by atoms with E-state index in [1.165, 1.54) is 6.42 Å². The van der Waals surface area contributed by atoms with Crippen molar-refractivity contribution >= 4 is 11.9 Å². The molecule has 1 N–H and O–H groups in total. The number of hydrogen-bond acceptors (Lipinski definition) is 2. The topological polar surface area (TPSA) is 52.7 Å². The molecule has 0 radical (unpaired) electrons. The number of piperidine rings is 2. The van der Waals surface area contributed by atoms with E-state index in [-0.39, 0.29) is 11.9 Å². The van der Waals surface area contributed by atoms with Crippen LogP contribution in [0, 0.1) is 5.92 Å². The number of likely N-dealkylation sites (tertiary alicyclic amines) is 2. The van der Waals surface area contributed by atoms with Crippen molar-refractivity contribution in [3.05, 3.63) is 0 Å². The van der Waals surface area contributed by atoms with E-state index in [0.717, 1.165) is 58.2 Å². The van der Waals surface area contributed by atoms with Gasteiger partial charge in [-0.05, 0) is 51.9 Å². The minimum Gasteiger partial charge on any atom is -0.340 e. The minimum atomic E-state index is 0.0646. The van der Waals surface area contributed by atoms with Crippen molar-refractivity contribution in [1.29, 1.82) is 0 Å². The Hall–Kier alpha value is -1.26. The average molecular weight is 293 g/mol. The summed E-state index contributed by atoms with van der Waals surface area (Å²) < 4.78 is 0. The van der Waals surface area contributed by atoms with Gasteiger partial charge in [-0.25, -0.2) is 4.79 Å². The lowest BCUT2D eigenvalue weighted by atomic mass is 9.93. The van der Waals surface area contributed by atoms with Crippen molar-refractivity contribution in [2.75, 3.05) is 19.6 Å². The molecule has 0 aromatic carbocycles. The second kappa shape index (κ2) is 6.24. The summed E-state index contributed by atoms with van der Waals surface area (Å²) in [5, 5.41) is 3.03. The first-order valence-corrected chi connectivity index (χ1v) is 8.51. The van der Waals surface area contributed by atoms with Gasteiger partial charge in [0.1, 0.15) is 0 Å². The third-order valence-corrected chi connectivity index (χ3v) is 5.12. The predicted octanol–water partition coefficient (Wildman–Crippen LogP) is 1.97. The molecule has 21 heavy (non-hydrogen) atoms. The molecular weight excluding hydrogens is 266 g/mol. The van der Waals surface area contributed by atoms with Crippen molar-refractivity contribution in [2.24, 2.45) is 5.92 Å². The van der Waals surface area contributed by atoms with Crippen molar-refractivity contribution in [3.8, 4) is 0 Å². The molecule has 1 saturated carbocycles. The summed E-state index contributed by atoms with van der Waals surface area (Å²) in [6.45, 7) is 4.52. The van der Waals surface area contributed by atoms with E-state index in [2.05, 4.69) is 17.1 Å². The van der Waals surface area contributed by atoms with E-state index >= 15 is 0 Å². The summed E-state index contributed by atoms with van der Waals surface area (Å²) in [5.74, 6) is 0.444. The highest BCUT2D eigenvalue weighted by atomic mass is 16.2. The molecule has 3 aliphatic rings. The van der Waals surface area contributed by atoms with Gasteiger partial charge in [-0.2, -0.15) is 0 Å². The molecule has 118 valence electrons. The molecule has 1 atom stereocenters. The van der Waals surface area contributed by atoms with Crippen LogP contribution < -0.4 is 5.32 Å². The Morgan fingerprint density at radius 1 is 0.952 bits per heavy atom. The largest absolute Gasteiger partial charge is 0.340 e. The second-order valence-corrected chi connectivity index (χ2v) is 6.86. The molecule has 0 aromatic rings. The van der Waals surface area contributed by atoms with Gasteiger partial charge >= 0.3 is 6.03 Å². The first-order chi connectivity index (χ1) is 10.1. The van der Waals surface area contributed by atoms with Crippen molar-refractivity contribution < 1.29 is 9.59 Å². The van der Waals surface area contributed by atoms with Gasteiger partial charge in [0.15, 0.2) is 0 Å². The fraction of sp³-hybridized carbons (Fsp3) is 0.875. The quantitative estimate of drug-likeness (QED) is 0.846. The SMILES string of the molecule is CC1CCCCN1C(=O)C1CCN(C(=O)NC2CC2)CC1. The summed E-state index contributed by atoms with van der Waals surface area (Å²) in [4.78, 5) is 28.6. The van der Waals surface area contributed by atoms with Gasteiger partial charge in [0.2, 0.25) is 5.91 Å². The summed E-state index contributed by atoms with van der Waals surface area (Å²) in [6, 6.07) is 0.864. The molecule has 2 heterocycles. The van der Waals surface area contributed by atoms with Crippen molar-refractivity contribution in [3.63, 3.8) is 0 Å². The number of carbonyl (C=O) groups is 2. The molecule has 3 rings (SSSR count). The lowest BCUT2D eigenvalue weighted by Gasteiger charge is -2.38. The summed E-state index contributed by atoms with van der Waals surface area (Å²) in [6.07, 6.45) is 7.39. The molecule has 3 fully saturated rings. The zero-order valence-corrected chi connectivity index (χ0v) is 13.0. The number of amides is 3. The smallest absolute Gasteiger partial charge is 0.317 e. The Kier molecular flexibility index (Phi) is 4.36. The standard InChI is InChI=1S/C16H27N3O2/c1-12-4-2-3-9-19(12)15(20)13-7-10-18(11-8-13)16(21)17-14-5-6-14/h12-14H,2-11H2,1H3,(H,17,21). The zero-order chi connectivity index (χ0) is 14.8. The fourth-order valence-electron chi connectivity index (χ4n) is 3.48. The van der Waals surface area contributed by atoms with Crippen LogP contribution in [0.25, 0.3) is 0 Å². The van der Waals surface area contributed by atoms with Gasteiger partial charge in [0, 0.05) is 37.6 Å². The van der Waals surface area contributed by atoms with Gasteiger partial charge in [-0.15, -0.1) is 0 Å². The van der Waals surface area contributed by atoms with Gasteiger partial charge < -0.3 is 15.1 Å². The van der Waals surface area contributed by atoms with Crippen molar-refractivity contribution in [2.45, 2.75) is 64.0 Å². The van der Waals surface area contributed by atoms with E-state index in [0.29, 0.717) is 18.0 Å². The van der Waals surface area contributed by atoms with Gasteiger partial charge in [-0.1, -0.05) is 0 Å². The number of hydrogen-bond donors (Lipinski definition) is 1. The summed E-state index contributed by atoms with van der Waals surface area (Å²) in [5.41, 5.74) is 0. The lowest BCUT2D eigenvalue weighted by Crippen LogP contribution is -2.50. The van der Waals surface area contributed by atoms with Crippen LogP contribution in [0.5, 0.6) is 0 Å². The van der Waals surface area contributed by atoms with Crippen LogP contribution in [0.2, 0.25) is 0 Å². The second-order valence-electron chi connectivity index (χ2n) is 6.86. The maximum absolute atomic E-state index is 12.6. The van der Waals surface area contributed by atoms with Crippen LogP contribution in [0.1, 0.15) is 51.9 Å². The molecule has 0 bridgehead atoms. The molecule has 5 nitrogen and oxygen atoms in total. The Morgan fingerprint density at radius 2 is 1.67 bits per heavy atom. The first-order valence-electron chi connectivity index (χ1n) is 8.51. The summed E-state index contributed by atoms with van der Waals surface area (Å²) >= 11 is 0. The molecule has 1 aliphatic carbocycles. The average Bonchev–Trinajstić information content (AvgIpc) is 3.31. The number of rotatable bonds is 2. The van der Waals surface area contributed by atoms with Gasteiger partial charge in [0.05, 0.1) is 0 Å². The van der Waals surface area contributed by atoms with E-state index < -0.39 is 0 Å². The Bertz CT molecular complexity index is 400. The number of carbonyl (C=O) groups excluding carboxylic acids is 2. The third-order valence-electron chi connectivity index (χ3n) is 5.12. The van der Waals surface area contributed by atoms with Crippen LogP contribution in [0.3, 0.4) is 0 Å². The highest BCUT2D eigenvalue weighted by Crippen LogP contribution is 2.25. The first kappa shape index (κ1) is 14.7. The summed E-state index contributed by atoms with van der Waals surface area (Å²) in [7, 11) is 0. The Balaban J connectivity index is 1.48. The van der Waals surface area contributed by atoms with Crippen LogP contribution in [-0.2, 0) is 4.79 Å². The zero-order valence-electron chi connectivity index (χ0n) is 13.0. The molecule has 0 aromatic heterocycles. The third kappa shape index (κ3) is 3.50. The monoisotopic (exact) mass is 293 g/mol. The van der Waals surface area contributed by atoms with Crippen LogP contribution in [-0.4, -0.2) is 53.5 Å². The van der Waals surface area contributed by atoms with Gasteiger partial charge in [0.25, 0.3) is 0 Å². The molecule has 1 unspecified atom stereocenters. The van der Waals surface area contributed by atoms with Crippen LogP contribution >= 0.6 is 0 Å². The molecule has 5 heteroatoms. The van der Waals surface area contributed by atoms with Crippen LogP contribution in [0.15, 0.2) is 0 Å². The minimum absolute atomic E-state index is 0.0646. The van der Waals surface area contributed by atoms with Crippen LogP contribution in [0.4, 0.5) is 4.79 Å². The molecule has 2 aliphatic heterocycles. The predicted molar refractivity (Wildman–Crippen MR) is 80.9 cm³/mol. The lowest BCUT2D eigenvalue weighted by molar-refractivity contribution is -0.140. The number of nitrogens with one attached hydrogen (secondary N) is 1.